The molecule has 1 aromatic heterocycles. The molecule has 3 amide bonds. The molecule has 0 spiro atoms. The van der Waals surface area contributed by atoms with Gasteiger partial charge in [0, 0.05) is 24.2 Å². The number of imide groups is 1. The monoisotopic (exact) mass is 436 g/mol. The summed E-state index contributed by atoms with van der Waals surface area (Å²) in [4.78, 5) is 49.8. The molecule has 0 saturated heterocycles. The number of amides is 3. The first kappa shape index (κ1) is 24.1. The summed E-state index contributed by atoms with van der Waals surface area (Å²) in [6.45, 7) is 6.64. The normalized spacial score (nSPS) is 16.0. The van der Waals surface area contributed by atoms with Crippen LogP contribution < -0.4 is 11.3 Å². The second-order valence-electron chi connectivity index (χ2n) is 6.94. The lowest BCUT2D eigenvalue weighted by atomic mass is 9.94. The molecule has 9 nitrogen and oxygen atoms in total. The Hall–Kier alpha value is -4.19. The number of aromatic nitrogens is 1. The SMILES string of the molecule is CCN1C(=O)C(C(N)=O)=C(C)/C(=C/C=CC=Cc2c(C)c(C#N)c(=O)n(CC)c2O)C1=O. The number of hydrogen-bond donors (Lipinski definition) is 2. The maximum Gasteiger partial charge on any atom is 0.271 e. The third-order valence-corrected chi connectivity index (χ3v) is 5.19. The minimum atomic E-state index is -0.904. The molecule has 0 aromatic carbocycles. The predicted molar refractivity (Wildman–Crippen MR) is 118 cm³/mol. The van der Waals surface area contributed by atoms with Crippen molar-refractivity contribution in [1.82, 2.24) is 9.47 Å². The average Bonchev–Trinajstić information content (AvgIpc) is 2.72. The highest BCUT2D eigenvalue weighted by atomic mass is 16.3. The van der Waals surface area contributed by atoms with Gasteiger partial charge in [-0.1, -0.05) is 18.2 Å². The van der Waals surface area contributed by atoms with Crippen molar-refractivity contribution in [3.8, 4) is 11.9 Å². The molecule has 0 bridgehead atoms. The summed E-state index contributed by atoms with van der Waals surface area (Å²) in [5.41, 5.74) is 5.53. The number of allylic oxidation sites excluding steroid dienone is 4. The van der Waals surface area contributed by atoms with E-state index in [4.69, 9.17) is 5.73 Å². The van der Waals surface area contributed by atoms with Gasteiger partial charge in [0.05, 0.1) is 0 Å². The Morgan fingerprint density at radius 1 is 1.09 bits per heavy atom. The molecule has 166 valence electrons. The molecular formula is C23H24N4O5. The molecule has 0 fully saturated rings. The Morgan fingerprint density at radius 3 is 2.28 bits per heavy atom. The highest BCUT2D eigenvalue weighted by Gasteiger charge is 2.36. The van der Waals surface area contributed by atoms with Gasteiger partial charge in [-0.2, -0.15) is 5.26 Å². The van der Waals surface area contributed by atoms with Crippen molar-refractivity contribution >= 4 is 23.8 Å². The van der Waals surface area contributed by atoms with Crippen LogP contribution in [0.1, 0.15) is 37.5 Å². The number of carbonyl (C=O) groups is 3. The van der Waals surface area contributed by atoms with Crippen molar-refractivity contribution in [3.05, 3.63) is 68.1 Å². The molecule has 0 aliphatic carbocycles. The van der Waals surface area contributed by atoms with Gasteiger partial charge in [0.25, 0.3) is 23.3 Å². The van der Waals surface area contributed by atoms with Gasteiger partial charge in [-0.25, -0.2) is 0 Å². The van der Waals surface area contributed by atoms with Crippen molar-refractivity contribution in [1.29, 1.82) is 5.26 Å². The van der Waals surface area contributed by atoms with Gasteiger partial charge in [0.1, 0.15) is 17.2 Å². The molecule has 32 heavy (non-hydrogen) atoms. The molecule has 0 atom stereocenters. The van der Waals surface area contributed by atoms with Crippen LogP contribution in [0.4, 0.5) is 0 Å². The molecule has 3 N–H and O–H groups in total. The van der Waals surface area contributed by atoms with Crippen LogP contribution in [0.2, 0.25) is 0 Å². The van der Waals surface area contributed by atoms with Gasteiger partial charge >= 0.3 is 0 Å². The van der Waals surface area contributed by atoms with Crippen LogP contribution in [0.25, 0.3) is 6.08 Å². The third-order valence-electron chi connectivity index (χ3n) is 5.19. The van der Waals surface area contributed by atoms with Crippen molar-refractivity contribution in [2.24, 2.45) is 5.73 Å². The lowest BCUT2D eigenvalue weighted by Gasteiger charge is -2.27. The predicted octanol–water partition coefficient (Wildman–Crippen LogP) is 1.44. The summed E-state index contributed by atoms with van der Waals surface area (Å²) in [6.07, 6.45) is 7.66. The minimum Gasteiger partial charge on any atom is -0.494 e. The van der Waals surface area contributed by atoms with Crippen LogP contribution in [0.5, 0.6) is 5.88 Å². The van der Waals surface area contributed by atoms with Crippen LogP contribution >= 0.6 is 0 Å². The second-order valence-corrected chi connectivity index (χ2v) is 6.94. The molecule has 0 radical (unpaired) electrons. The number of likely N-dealkylation sites (N-methyl/N-ethyl adjacent to an activating group) is 1. The average molecular weight is 436 g/mol. The van der Waals surface area contributed by atoms with E-state index in [2.05, 4.69) is 0 Å². The zero-order valence-electron chi connectivity index (χ0n) is 18.3. The van der Waals surface area contributed by atoms with E-state index >= 15 is 0 Å². The lowest BCUT2D eigenvalue weighted by Crippen LogP contribution is -2.45. The molecule has 1 aromatic rings. The standard InChI is InChI=1S/C23H24N4O5/c1-5-26-20(29)15(13(3)17(12-24)22(26)31)10-8-7-9-11-16-14(4)18(19(25)28)23(32)27(6-2)21(16)30/h7-11,29H,5-6H2,1-4H3,(H2,25,28)/b9-7?,10-8?,16-11-. The minimum absolute atomic E-state index is 0.0488. The van der Waals surface area contributed by atoms with E-state index in [-0.39, 0.29) is 41.3 Å². The van der Waals surface area contributed by atoms with Gasteiger partial charge in [-0.15, -0.1) is 0 Å². The molecular weight excluding hydrogens is 412 g/mol. The zero-order chi connectivity index (χ0) is 24.2. The first-order valence-electron chi connectivity index (χ1n) is 9.90. The Balaban J connectivity index is 2.45. The van der Waals surface area contributed by atoms with E-state index in [1.54, 1.807) is 32.9 Å². The maximum atomic E-state index is 12.6. The van der Waals surface area contributed by atoms with E-state index in [1.807, 2.05) is 6.07 Å². The smallest absolute Gasteiger partial charge is 0.271 e. The fourth-order valence-electron chi connectivity index (χ4n) is 3.43. The number of nitriles is 1. The maximum absolute atomic E-state index is 12.6. The summed E-state index contributed by atoms with van der Waals surface area (Å²) in [7, 11) is 0. The van der Waals surface area contributed by atoms with Gasteiger partial charge in [-0.05, 0) is 51.0 Å². The number of carbonyl (C=O) groups excluding carboxylic acids is 3. The van der Waals surface area contributed by atoms with Crippen LogP contribution in [0.3, 0.4) is 0 Å². The van der Waals surface area contributed by atoms with Gasteiger partial charge < -0.3 is 10.8 Å². The highest BCUT2D eigenvalue weighted by molar-refractivity contribution is 6.27. The van der Waals surface area contributed by atoms with E-state index in [1.165, 1.54) is 25.2 Å². The molecule has 9 heteroatoms. The van der Waals surface area contributed by atoms with Crippen LogP contribution in [-0.2, 0) is 20.9 Å². The summed E-state index contributed by atoms with van der Waals surface area (Å²) >= 11 is 0. The first-order valence-corrected chi connectivity index (χ1v) is 9.90. The van der Waals surface area contributed by atoms with Crippen molar-refractivity contribution in [2.75, 3.05) is 6.54 Å². The number of aromatic hydroxyl groups is 1. The molecule has 1 aliphatic rings. The van der Waals surface area contributed by atoms with Crippen LogP contribution in [0, 0.1) is 18.3 Å². The number of hydrogen-bond acceptors (Lipinski definition) is 6. The third kappa shape index (κ3) is 4.16. The summed E-state index contributed by atoms with van der Waals surface area (Å²) in [5, 5.41) is 19.7. The Bertz CT molecular complexity index is 1220. The number of nitrogens with zero attached hydrogens (tertiary/aromatic N) is 3. The zero-order valence-corrected chi connectivity index (χ0v) is 18.3. The van der Waals surface area contributed by atoms with E-state index < -0.39 is 23.3 Å². The van der Waals surface area contributed by atoms with Crippen molar-refractivity contribution in [3.63, 3.8) is 0 Å². The quantitative estimate of drug-likeness (QED) is 0.299. The summed E-state index contributed by atoms with van der Waals surface area (Å²) in [5.74, 6) is -2.40. The van der Waals surface area contributed by atoms with Gasteiger partial charge in [0.15, 0.2) is 0 Å². The van der Waals surface area contributed by atoms with Gasteiger partial charge in [-0.3, -0.25) is 28.6 Å². The van der Waals surface area contributed by atoms with E-state index in [0.717, 1.165) is 9.47 Å². The fraction of sp³-hybridized carbons (Fsp3) is 0.261. The van der Waals surface area contributed by atoms with E-state index in [0.29, 0.717) is 11.1 Å². The molecule has 0 unspecified atom stereocenters. The molecule has 0 saturated carbocycles. The first-order chi connectivity index (χ1) is 15.1. The molecule has 1 aliphatic heterocycles. The van der Waals surface area contributed by atoms with E-state index in [9.17, 15) is 29.5 Å². The lowest BCUT2D eigenvalue weighted by molar-refractivity contribution is -0.141. The Labute approximate surface area is 185 Å². The van der Waals surface area contributed by atoms with Crippen LogP contribution in [-0.4, -0.2) is 38.8 Å². The Morgan fingerprint density at radius 2 is 1.75 bits per heavy atom. The number of rotatable bonds is 6. The molecule has 2 rings (SSSR count). The summed E-state index contributed by atoms with van der Waals surface area (Å²) in [6, 6.07) is 1.87. The largest absolute Gasteiger partial charge is 0.494 e. The number of nitrogens with two attached hydrogens (primary N) is 1. The highest BCUT2D eigenvalue weighted by Crippen LogP contribution is 2.25. The van der Waals surface area contributed by atoms with Crippen molar-refractivity contribution in [2.45, 2.75) is 34.2 Å². The Kier molecular flexibility index (Phi) is 7.33. The van der Waals surface area contributed by atoms with Gasteiger partial charge in [0.2, 0.25) is 5.88 Å². The fourth-order valence-corrected chi connectivity index (χ4v) is 3.43. The summed E-state index contributed by atoms with van der Waals surface area (Å²) < 4.78 is 1.10. The second kappa shape index (κ2) is 9.75. The topological polar surface area (TPSA) is 146 Å². The molecule has 2 heterocycles. The van der Waals surface area contributed by atoms with Crippen LogP contribution in [0.15, 0.2) is 45.8 Å². The number of primary amides is 1. The van der Waals surface area contributed by atoms with Crippen molar-refractivity contribution < 1.29 is 19.5 Å². The number of pyridine rings is 1.